The summed E-state index contributed by atoms with van der Waals surface area (Å²) in [5.41, 5.74) is 0. The lowest BCUT2D eigenvalue weighted by Crippen LogP contribution is -2.34. The summed E-state index contributed by atoms with van der Waals surface area (Å²) in [7, 11) is 0. The molecule has 1 aliphatic rings. The van der Waals surface area contributed by atoms with Crippen molar-refractivity contribution in [3.8, 4) is 0 Å². The fourth-order valence-corrected chi connectivity index (χ4v) is 1.57. The molecule has 0 spiro atoms. The van der Waals surface area contributed by atoms with E-state index in [1.165, 1.54) is 0 Å². The molecule has 0 aromatic rings. The standard InChI is InChI=1S/C5H10NOS/c7-3-5-4-8-2-1-6-5/h5,7H,1-4H2. The van der Waals surface area contributed by atoms with Gasteiger partial charge < -0.3 is 5.11 Å². The van der Waals surface area contributed by atoms with Gasteiger partial charge >= 0.3 is 0 Å². The van der Waals surface area contributed by atoms with Gasteiger partial charge in [0.25, 0.3) is 0 Å². The third kappa shape index (κ3) is 1.65. The largest absolute Gasteiger partial charge is 0.395 e. The molecule has 0 aromatic carbocycles. The highest BCUT2D eigenvalue weighted by Crippen LogP contribution is 2.07. The molecule has 1 saturated heterocycles. The Labute approximate surface area is 53.7 Å². The van der Waals surface area contributed by atoms with Crippen LogP contribution in [0.5, 0.6) is 0 Å². The molecule has 1 fully saturated rings. The molecule has 1 heterocycles. The van der Waals surface area contributed by atoms with E-state index in [0.29, 0.717) is 0 Å². The van der Waals surface area contributed by atoms with Gasteiger partial charge in [-0.2, -0.15) is 11.8 Å². The van der Waals surface area contributed by atoms with E-state index in [-0.39, 0.29) is 12.6 Å². The Morgan fingerprint density at radius 1 is 1.75 bits per heavy atom. The number of aliphatic hydroxyl groups is 1. The van der Waals surface area contributed by atoms with Crippen molar-refractivity contribution < 1.29 is 5.11 Å². The van der Waals surface area contributed by atoms with Crippen molar-refractivity contribution in [2.75, 3.05) is 24.7 Å². The molecule has 1 atom stereocenters. The van der Waals surface area contributed by atoms with Gasteiger partial charge in [0.15, 0.2) is 0 Å². The molecule has 0 bridgehead atoms. The highest BCUT2D eigenvalue weighted by Gasteiger charge is 2.11. The molecule has 0 amide bonds. The van der Waals surface area contributed by atoms with Gasteiger partial charge in [-0.05, 0) is 0 Å². The van der Waals surface area contributed by atoms with E-state index in [4.69, 9.17) is 5.11 Å². The molecule has 1 radical (unpaired) electrons. The molecule has 0 aromatic heterocycles. The van der Waals surface area contributed by atoms with Gasteiger partial charge in [-0.25, -0.2) is 5.32 Å². The van der Waals surface area contributed by atoms with Crippen LogP contribution in [0.2, 0.25) is 0 Å². The van der Waals surface area contributed by atoms with Gasteiger partial charge in [-0.15, -0.1) is 0 Å². The van der Waals surface area contributed by atoms with Crippen molar-refractivity contribution >= 4 is 11.8 Å². The van der Waals surface area contributed by atoms with Gasteiger partial charge in [-0.3, -0.25) is 0 Å². The van der Waals surface area contributed by atoms with E-state index in [0.717, 1.165) is 18.1 Å². The zero-order valence-corrected chi connectivity index (χ0v) is 5.52. The average molecular weight is 132 g/mol. The summed E-state index contributed by atoms with van der Waals surface area (Å²) in [6, 6.07) is 0.230. The topological polar surface area (TPSA) is 34.3 Å². The van der Waals surface area contributed by atoms with Crippen molar-refractivity contribution in [3.05, 3.63) is 0 Å². The van der Waals surface area contributed by atoms with Crippen LogP contribution in [0.3, 0.4) is 0 Å². The van der Waals surface area contributed by atoms with E-state index in [1.807, 2.05) is 11.8 Å². The molecule has 0 saturated carbocycles. The summed E-state index contributed by atoms with van der Waals surface area (Å²) in [5, 5.41) is 12.8. The van der Waals surface area contributed by atoms with Crippen LogP contribution < -0.4 is 5.32 Å². The minimum atomic E-state index is 0.229. The lowest BCUT2D eigenvalue weighted by atomic mass is 10.3. The molecule has 3 heteroatoms. The number of rotatable bonds is 1. The third-order valence-electron chi connectivity index (χ3n) is 1.14. The fraction of sp³-hybridized carbons (Fsp3) is 1.00. The van der Waals surface area contributed by atoms with Gasteiger partial charge in [0.1, 0.15) is 0 Å². The first-order valence-electron chi connectivity index (χ1n) is 2.78. The second-order valence-electron chi connectivity index (χ2n) is 1.82. The summed E-state index contributed by atoms with van der Waals surface area (Å²) in [6.07, 6.45) is 0. The zero-order valence-electron chi connectivity index (χ0n) is 4.71. The Bertz CT molecular complexity index is 63.4. The number of aliphatic hydroxyl groups excluding tert-OH is 1. The van der Waals surface area contributed by atoms with Crippen LogP contribution in [0.1, 0.15) is 0 Å². The Kier molecular flexibility index (Phi) is 2.66. The van der Waals surface area contributed by atoms with Crippen LogP contribution in [-0.4, -0.2) is 35.8 Å². The van der Waals surface area contributed by atoms with E-state index in [9.17, 15) is 0 Å². The first-order valence-corrected chi connectivity index (χ1v) is 3.94. The quantitative estimate of drug-likeness (QED) is 0.531. The molecular formula is C5H10NOS. The summed E-state index contributed by atoms with van der Waals surface area (Å²) in [5.74, 6) is 2.15. The second kappa shape index (κ2) is 3.33. The normalized spacial score (nSPS) is 30.4. The predicted molar refractivity (Wildman–Crippen MR) is 35.2 cm³/mol. The maximum Gasteiger partial charge on any atom is 0.0609 e. The highest BCUT2D eigenvalue weighted by molar-refractivity contribution is 7.99. The maximum atomic E-state index is 8.58. The number of hydrogen-bond acceptors (Lipinski definition) is 2. The fourth-order valence-electron chi connectivity index (χ4n) is 0.682. The molecule has 1 N–H and O–H groups in total. The molecular weight excluding hydrogens is 122 g/mol. The molecule has 1 aliphatic heterocycles. The predicted octanol–water partition coefficient (Wildman–Crippen LogP) is -0.302. The van der Waals surface area contributed by atoms with Crippen molar-refractivity contribution in [3.63, 3.8) is 0 Å². The highest BCUT2D eigenvalue weighted by atomic mass is 32.2. The Hall–Kier alpha value is 0.270. The number of nitrogens with zero attached hydrogens (tertiary/aromatic N) is 1. The van der Waals surface area contributed by atoms with Gasteiger partial charge in [0, 0.05) is 18.1 Å². The van der Waals surface area contributed by atoms with E-state index < -0.39 is 0 Å². The van der Waals surface area contributed by atoms with Crippen molar-refractivity contribution in [1.82, 2.24) is 5.32 Å². The van der Waals surface area contributed by atoms with E-state index in [1.54, 1.807) is 0 Å². The average Bonchev–Trinajstić information content (AvgIpc) is 1.90. The van der Waals surface area contributed by atoms with Crippen LogP contribution in [-0.2, 0) is 0 Å². The summed E-state index contributed by atoms with van der Waals surface area (Å²) in [4.78, 5) is 0. The SMILES string of the molecule is OCC1CSCC[N]1. The molecule has 1 unspecified atom stereocenters. The van der Waals surface area contributed by atoms with Crippen molar-refractivity contribution in [2.45, 2.75) is 6.04 Å². The monoisotopic (exact) mass is 132 g/mol. The zero-order chi connectivity index (χ0) is 5.82. The smallest absolute Gasteiger partial charge is 0.0609 e. The van der Waals surface area contributed by atoms with Crippen LogP contribution in [0.25, 0.3) is 0 Å². The summed E-state index contributed by atoms with van der Waals surface area (Å²) in [6.45, 7) is 1.16. The lowest BCUT2D eigenvalue weighted by molar-refractivity contribution is 0.252. The Balaban J connectivity index is 2.13. The van der Waals surface area contributed by atoms with Crippen molar-refractivity contribution in [2.24, 2.45) is 0 Å². The minimum Gasteiger partial charge on any atom is -0.395 e. The van der Waals surface area contributed by atoms with Gasteiger partial charge in [0.2, 0.25) is 0 Å². The Morgan fingerprint density at radius 3 is 3.00 bits per heavy atom. The van der Waals surface area contributed by atoms with Gasteiger partial charge in [0.05, 0.1) is 12.6 Å². The summed E-state index contributed by atoms with van der Waals surface area (Å²) < 4.78 is 0. The second-order valence-corrected chi connectivity index (χ2v) is 2.97. The van der Waals surface area contributed by atoms with Crippen LogP contribution in [0.4, 0.5) is 0 Å². The van der Waals surface area contributed by atoms with Gasteiger partial charge in [-0.1, -0.05) is 0 Å². The number of thioether (sulfide) groups is 1. The molecule has 2 nitrogen and oxygen atoms in total. The lowest BCUT2D eigenvalue weighted by Gasteiger charge is -2.18. The molecule has 8 heavy (non-hydrogen) atoms. The van der Waals surface area contributed by atoms with Crippen molar-refractivity contribution in [1.29, 1.82) is 0 Å². The van der Waals surface area contributed by atoms with Crippen LogP contribution in [0, 0.1) is 0 Å². The van der Waals surface area contributed by atoms with E-state index in [2.05, 4.69) is 5.32 Å². The summed E-state index contributed by atoms with van der Waals surface area (Å²) >= 11 is 1.87. The first-order chi connectivity index (χ1) is 3.93. The van der Waals surface area contributed by atoms with Crippen LogP contribution >= 0.6 is 11.8 Å². The van der Waals surface area contributed by atoms with E-state index >= 15 is 0 Å². The molecule has 1 rings (SSSR count). The Morgan fingerprint density at radius 2 is 2.62 bits per heavy atom. The third-order valence-corrected chi connectivity index (χ3v) is 2.24. The number of hydrogen-bond donors (Lipinski definition) is 1. The molecule has 47 valence electrons. The van der Waals surface area contributed by atoms with Crippen LogP contribution in [0.15, 0.2) is 0 Å². The maximum absolute atomic E-state index is 8.58. The molecule has 0 aliphatic carbocycles. The first kappa shape index (κ1) is 6.39. The minimum absolute atomic E-state index is 0.229.